The molecule has 0 fully saturated rings. The van der Waals surface area contributed by atoms with Gasteiger partial charge in [-0.2, -0.15) is 0 Å². The fourth-order valence-electron chi connectivity index (χ4n) is 11.2. The summed E-state index contributed by atoms with van der Waals surface area (Å²) in [6.45, 7) is 4.76. The molecule has 2 aliphatic rings. The molecule has 0 N–H and O–H groups in total. The van der Waals surface area contributed by atoms with Crippen LogP contribution in [0.15, 0.2) is 194 Å². The first-order valence-corrected chi connectivity index (χ1v) is 21.1. The van der Waals surface area contributed by atoms with Crippen LogP contribution in [0.5, 0.6) is 0 Å². The Morgan fingerprint density at radius 2 is 0.820 bits per heavy atom. The maximum absolute atomic E-state index is 5.51. The zero-order valence-corrected chi connectivity index (χ0v) is 33.8. The van der Waals surface area contributed by atoms with Gasteiger partial charge in [0.25, 0.3) is 0 Å². The summed E-state index contributed by atoms with van der Waals surface area (Å²) < 4.78 is 2.51. The van der Waals surface area contributed by atoms with Crippen LogP contribution in [0.25, 0.3) is 83.2 Å². The second-order valence-corrected chi connectivity index (χ2v) is 17.1. The lowest BCUT2D eigenvalue weighted by molar-refractivity contribution is 0.557. The van der Waals surface area contributed by atoms with E-state index in [1.807, 2.05) is 0 Å². The third kappa shape index (κ3) is 4.51. The average Bonchev–Trinajstić information content (AvgIpc) is 3.66. The van der Waals surface area contributed by atoms with E-state index in [-0.39, 0.29) is 0 Å². The van der Waals surface area contributed by atoms with E-state index in [1.54, 1.807) is 0 Å². The minimum absolute atomic E-state index is 0.424. The zero-order chi connectivity index (χ0) is 40.5. The van der Waals surface area contributed by atoms with Crippen LogP contribution in [-0.2, 0) is 10.8 Å². The third-order valence-corrected chi connectivity index (χ3v) is 13.7. The van der Waals surface area contributed by atoms with Crippen molar-refractivity contribution in [1.29, 1.82) is 0 Å². The minimum Gasteiger partial charge on any atom is -0.309 e. The topological polar surface area (TPSA) is 43.6 Å². The van der Waals surface area contributed by atoms with Gasteiger partial charge in [0.05, 0.1) is 22.1 Å². The van der Waals surface area contributed by atoms with Gasteiger partial charge in [-0.25, -0.2) is 15.0 Å². The Morgan fingerprint density at radius 1 is 0.361 bits per heavy atom. The highest BCUT2D eigenvalue weighted by Crippen LogP contribution is 2.61. The van der Waals surface area contributed by atoms with Gasteiger partial charge < -0.3 is 4.57 Å². The van der Waals surface area contributed by atoms with Gasteiger partial charge in [0.15, 0.2) is 17.5 Å². The summed E-state index contributed by atoms with van der Waals surface area (Å²) in [5.41, 5.74) is 13.2. The van der Waals surface area contributed by atoms with E-state index in [0.29, 0.717) is 17.5 Å². The van der Waals surface area contributed by atoms with Crippen molar-refractivity contribution in [3.63, 3.8) is 0 Å². The highest BCUT2D eigenvalue weighted by molar-refractivity contribution is 6.12. The summed E-state index contributed by atoms with van der Waals surface area (Å²) in [4.78, 5) is 16.4. The van der Waals surface area contributed by atoms with Gasteiger partial charge in [-0.3, -0.25) is 0 Å². The van der Waals surface area contributed by atoms with E-state index in [2.05, 4.69) is 213 Å². The van der Waals surface area contributed by atoms with Crippen molar-refractivity contribution in [2.24, 2.45) is 0 Å². The number of para-hydroxylation sites is 3. The summed E-state index contributed by atoms with van der Waals surface area (Å²) in [5.74, 6) is 1.98. The lowest BCUT2D eigenvalue weighted by atomic mass is 9.52. The van der Waals surface area contributed by atoms with Crippen LogP contribution < -0.4 is 0 Å². The van der Waals surface area contributed by atoms with Gasteiger partial charge in [0, 0.05) is 32.9 Å². The molecule has 1 aliphatic heterocycles. The van der Waals surface area contributed by atoms with E-state index < -0.39 is 10.8 Å². The van der Waals surface area contributed by atoms with Crippen molar-refractivity contribution in [3.8, 4) is 39.9 Å². The summed E-state index contributed by atoms with van der Waals surface area (Å²) in [7, 11) is 0. The van der Waals surface area contributed by atoms with E-state index in [1.165, 1.54) is 60.9 Å². The third-order valence-electron chi connectivity index (χ3n) is 13.7. The quantitative estimate of drug-likeness (QED) is 0.179. The average molecular weight is 779 g/mol. The molecule has 286 valence electrons. The monoisotopic (exact) mass is 778 g/mol. The Kier molecular flexibility index (Phi) is 6.96. The van der Waals surface area contributed by atoms with Gasteiger partial charge in [-0.1, -0.05) is 196 Å². The van der Waals surface area contributed by atoms with Crippen molar-refractivity contribution in [2.75, 3.05) is 0 Å². The van der Waals surface area contributed by atoms with Crippen LogP contribution in [0.3, 0.4) is 0 Å². The molecule has 13 rings (SSSR count). The van der Waals surface area contributed by atoms with Crippen LogP contribution in [0.4, 0.5) is 0 Å². The number of aromatic nitrogens is 4. The van der Waals surface area contributed by atoms with E-state index in [9.17, 15) is 0 Å². The lowest BCUT2D eigenvalue weighted by Gasteiger charge is -2.50. The molecule has 4 nitrogen and oxygen atoms in total. The van der Waals surface area contributed by atoms with E-state index in [0.717, 1.165) is 38.2 Å². The first-order chi connectivity index (χ1) is 30.0. The Balaban J connectivity index is 1.17. The molecule has 0 amide bonds. The number of benzene rings is 9. The smallest absolute Gasteiger partial charge is 0.164 e. The number of nitrogens with zero attached hydrogens (tertiary/aromatic N) is 4. The van der Waals surface area contributed by atoms with Crippen LogP contribution in [-0.4, -0.2) is 19.5 Å². The van der Waals surface area contributed by atoms with Crippen LogP contribution in [0.2, 0.25) is 0 Å². The normalized spacial score (nSPS) is 15.9. The Morgan fingerprint density at radius 3 is 1.52 bits per heavy atom. The molecule has 1 spiro atoms. The molecule has 0 saturated carbocycles. The maximum Gasteiger partial charge on any atom is 0.164 e. The van der Waals surface area contributed by atoms with E-state index >= 15 is 0 Å². The number of hydrogen-bond donors (Lipinski definition) is 0. The Hall–Kier alpha value is -7.69. The zero-order valence-electron chi connectivity index (χ0n) is 33.8. The van der Waals surface area contributed by atoms with Crippen molar-refractivity contribution >= 4 is 43.4 Å². The Bertz CT molecular complexity index is 3540. The van der Waals surface area contributed by atoms with Crippen molar-refractivity contribution in [2.45, 2.75) is 24.7 Å². The number of rotatable bonds is 3. The molecule has 1 aliphatic carbocycles. The molecular formula is C57H38N4. The molecule has 1 unspecified atom stereocenters. The van der Waals surface area contributed by atoms with Gasteiger partial charge in [-0.05, 0) is 67.1 Å². The summed E-state index contributed by atoms with van der Waals surface area (Å²) >= 11 is 0. The SMILES string of the molecule is CC1(C)c2ccccc2C2(c3ccccc3-n3c4ccccc4c4cccc2c43)c2cccc(-c3nc(-c4cccc5ccccc45)nc(-c4cccc5ccccc45)n3)c21. The first-order valence-electron chi connectivity index (χ1n) is 21.1. The number of hydrogen-bond acceptors (Lipinski definition) is 3. The van der Waals surface area contributed by atoms with Crippen LogP contribution in [0, 0.1) is 0 Å². The molecular weight excluding hydrogens is 741 g/mol. The molecule has 4 heteroatoms. The lowest BCUT2D eigenvalue weighted by Crippen LogP contribution is -2.44. The summed E-state index contributed by atoms with van der Waals surface area (Å²) in [6, 6.07) is 70.6. The molecule has 0 saturated heterocycles. The molecule has 9 aromatic carbocycles. The molecule has 11 aromatic rings. The molecule has 3 heterocycles. The number of fused-ring (bicyclic) bond motifs is 13. The van der Waals surface area contributed by atoms with Gasteiger partial charge in [0.2, 0.25) is 0 Å². The largest absolute Gasteiger partial charge is 0.309 e. The molecule has 0 bridgehead atoms. The van der Waals surface area contributed by atoms with Crippen LogP contribution >= 0.6 is 0 Å². The van der Waals surface area contributed by atoms with Crippen molar-refractivity contribution in [1.82, 2.24) is 19.5 Å². The molecule has 0 radical (unpaired) electrons. The van der Waals surface area contributed by atoms with Gasteiger partial charge >= 0.3 is 0 Å². The van der Waals surface area contributed by atoms with Crippen LogP contribution in [0.1, 0.15) is 47.2 Å². The molecule has 1 atom stereocenters. The summed E-state index contributed by atoms with van der Waals surface area (Å²) in [6.07, 6.45) is 0. The first kappa shape index (κ1) is 34.2. The predicted octanol–water partition coefficient (Wildman–Crippen LogP) is 13.6. The van der Waals surface area contributed by atoms with E-state index in [4.69, 9.17) is 15.0 Å². The van der Waals surface area contributed by atoms with Gasteiger partial charge in [-0.15, -0.1) is 0 Å². The standard InChI is InChI=1S/C57H38N4/c1-56(2)44-28-8-9-29-45(44)57(46-30-10-12-34-50(46)61-49-33-11-7-23-39(49)40-24-15-32-48(57)52(40)61)47-31-16-27-43(51(47)56)55-59-53(41-25-13-19-35-17-3-5-21-37(35)41)58-54(60-55)42-26-14-20-36-18-4-6-22-38(36)42/h3-34H,1-2H3. The molecule has 61 heavy (non-hydrogen) atoms. The van der Waals surface area contributed by atoms with Crippen molar-refractivity contribution in [3.05, 3.63) is 228 Å². The summed E-state index contributed by atoms with van der Waals surface area (Å²) in [5, 5.41) is 7.03. The minimum atomic E-state index is -0.637. The second kappa shape index (κ2) is 12.4. The highest BCUT2D eigenvalue weighted by atomic mass is 15.0. The maximum atomic E-state index is 5.51. The molecule has 2 aromatic heterocycles. The fraction of sp³-hybridized carbons (Fsp3) is 0.0702. The van der Waals surface area contributed by atoms with Gasteiger partial charge in [0.1, 0.15) is 0 Å². The highest BCUT2D eigenvalue weighted by Gasteiger charge is 2.53. The second-order valence-electron chi connectivity index (χ2n) is 17.1. The van der Waals surface area contributed by atoms with Crippen molar-refractivity contribution < 1.29 is 0 Å². The Labute approximate surface area is 353 Å². The predicted molar refractivity (Wildman–Crippen MR) is 249 cm³/mol. The fourth-order valence-corrected chi connectivity index (χ4v) is 11.2.